The van der Waals surface area contributed by atoms with Crippen LogP contribution < -0.4 is 14.8 Å². The second kappa shape index (κ2) is 7.66. The summed E-state index contributed by atoms with van der Waals surface area (Å²) >= 11 is 5.86. The fraction of sp³-hybridized carbons (Fsp3) is 0.133. The van der Waals surface area contributed by atoms with Crippen LogP contribution >= 0.6 is 11.6 Å². The molecule has 2 aromatic rings. The van der Waals surface area contributed by atoms with Crippen LogP contribution in [0.2, 0.25) is 5.02 Å². The quantitative estimate of drug-likeness (QED) is 0.789. The van der Waals surface area contributed by atoms with E-state index < -0.39 is 22.5 Å². The molecule has 25 heavy (non-hydrogen) atoms. The topological polar surface area (TPSA) is 84.5 Å². The van der Waals surface area contributed by atoms with Crippen molar-refractivity contribution in [2.45, 2.75) is 6.61 Å². The van der Waals surface area contributed by atoms with Crippen molar-refractivity contribution in [2.75, 3.05) is 16.3 Å². The Balaban J connectivity index is 2.21. The van der Waals surface area contributed by atoms with E-state index in [4.69, 9.17) is 11.6 Å². The number of anilines is 2. The fourth-order valence-electron chi connectivity index (χ4n) is 1.91. The summed E-state index contributed by atoms with van der Waals surface area (Å²) in [5, 5.41) is 2.76. The van der Waals surface area contributed by atoms with Gasteiger partial charge in [0.1, 0.15) is 5.75 Å². The molecule has 0 aromatic heterocycles. The van der Waals surface area contributed by atoms with E-state index in [0.717, 1.165) is 6.26 Å². The van der Waals surface area contributed by atoms with Gasteiger partial charge < -0.3 is 10.1 Å². The SMILES string of the molecule is CS(=O)(=O)Nc1ccc(Cl)cc1C(=O)Nc1ccc(OC(F)F)cc1. The van der Waals surface area contributed by atoms with E-state index >= 15 is 0 Å². The van der Waals surface area contributed by atoms with E-state index in [9.17, 15) is 22.0 Å². The second-order valence-corrected chi connectivity index (χ2v) is 7.11. The van der Waals surface area contributed by atoms with E-state index in [-0.39, 0.29) is 22.0 Å². The van der Waals surface area contributed by atoms with Crippen LogP contribution in [0.4, 0.5) is 20.2 Å². The van der Waals surface area contributed by atoms with Crippen LogP contribution in [-0.4, -0.2) is 27.2 Å². The van der Waals surface area contributed by atoms with Crippen LogP contribution in [0.15, 0.2) is 42.5 Å². The number of hydrogen-bond acceptors (Lipinski definition) is 4. The highest BCUT2D eigenvalue weighted by Crippen LogP contribution is 2.24. The molecule has 2 N–H and O–H groups in total. The van der Waals surface area contributed by atoms with Crippen LogP contribution in [0.1, 0.15) is 10.4 Å². The third-order valence-corrected chi connectivity index (χ3v) is 3.68. The minimum atomic E-state index is -3.60. The number of carbonyl (C=O) groups is 1. The highest BCUT2D eigenvalue weighted by Gasteiger charge is 2.15. The Hall–Kier alpha value is -2.39. The van der Waals surface area contributed by atoms with E-state index in [1.165, 1.54) is 42.5 Å². The Morgan fingerprint density at radius 3 is 2.36 bits per heavy atom. The lowest BCUT2D eigenvalue weighted by Crippen LogP contribution is -2.17. The third-order valence-electron chi connectivity index (χ3n) is 2.86. The predicted molar refractivity (Wildman–Crippen MR) is 90.9 cm³/mol. The molecule has 0 spiro atoms. The van der Waals surface area contributed by atoms with Crippen LogP contribution in [0.3, 0.4) is 0 Å². The lowest BCUT2D eigenvalue weighted by atomic mass is 10.1. The molecule has 0 saturated heterocycles. The van der Waals surface area contributed by atoms with Crippen molar-refractivity contribution in [3.63, 3.8) is 0 Å². The van der Waals surface area contributed by atoms with Crippen molar-refractivity contribution in [1.82, 2.24) is 0 Å². The number of amides is 1. The predicted octanol–water partition coefficient (Wildman–Crippen LogP) is 3.57. The first-order chi connectivity index (χ1) is 11.6. The van der Waals surface area contributed by atoms with E-state index in [2.05, 4.69) is 14.8 Å². The second-order valence-electron chi connectivity index (χ2n) is 4.92. The summed E-state index contributed by atoms with van der Waals surface area (Å²) in [4.78, 5) is 12.4. The third kappa shape index (κ3) is 5.87. The Morgan fingerprint density at radius 2 is 1.80 bits per heavy atom. The van der Waals surface area contributed by atoms with Gasteiger partial charge in [-0.15, -0.1) is 0 Å². The van der Waals surface area contributed by atoms with E-state index in [1.807, 2.05) is 0 Å². The summed E-state index contributed by atoms with van der Waals surface area (Å²) in [6, 6.07) is 9.34. The Bertz CT molecular complexity index is 874. The molecular formula is C15H13ClF2N2O4S. The Labute approximate surface area is 147 Å². The van der Waals surface area contributed by atoms with Gasteiger partial charge in [0.15, 0.2) is 0 Å². The average molecular weight is 391 g/mol. The molecule has 10 heteroatoms. The monoisotopic (exact) mass is 390 g/mol. The number of halogens is 3. The van der Waals surface area contributed by atoms with Crippen LogP contribution in [0.25, 0.3) is 0 Å². The number of nitrogens with one attached hydrogen (secondary N) is 2. The van der Waals surface area contributed by atoms with E-state index in [0.29, 0.717) is 5.69 Å². The van der Waals surface area contributed by atoms with E-state index in [1.54, 1.807) is 0 Å². The van der Waals surface area contributed by atoms with Crippen molar-refractivity contribution in [3.8, 4) is 5.75 Å². The number of ether oxygens (including phenoxy) is 1. The molecule has 0 heterocycles. The first kappa shape index (κ1) is 18.9. The molecule has 0 bridgehead atoms. The van der Waals surface area contributed by atoms with Gasteiger partial charge in [0, 0.05) is 10.7 Å². The summed E-state index contributed by atoms with van der Waals surface area (Å²) in [7, 11) is -3.60. The minimum absolute atomic E-state index is 0.00540. The lowest BCUT2D eigenvalue weighted by Gasteiger charge is -2.12. The lowest BCUT2D eigenvalue weighted by molar-refractivity contribution is -0.0498. The number of carbonyl (C=O) groups excluding carboxylic acids is 1. The molecule has 1 amide bonds. The van der Waals surface area contributed by atoms with Crippen LogP contribution in [-0.2, 0) is 10.0 Å². The molecule has 0 atom stereocenters. The number of benzene rings is 2. The molecule has 6 nitrogen and oxygen atoms in total. The standard InChI is InChI=1S/C15H13ClF2N2O4S/c1-25(22,23)20-13-7-2-9(16)8-12(13)14(21)19-10-3-5-11(6-4-10)24-15(17)18/h2-8,15,20H,1H3,(H,19,21). The van der Waals surface area contributed by atoms with Gasteiger partial charge >= 0.3 is 6.61 Å². The highest BCUT2D eigenvalue weighted by molar-refractivity contribution is 7.92. The molecule has 0 unspecified atom stereocenters. The van der Waals surface area contributed by atoms with Crippen molar-refractivity contribution >= 4 is 38.9 Å². The van der Waals surface area contributed by atoms with Crippen molar-refractivity contribution < 1.29 is 26.7 Å². The van der Waals surface area contributed by atoms with Gasteiger partial charge in [0.05, 0.1) is 17.5 Å². The van der Waals surface area contributed by atoms with Crippen LogP contribution in [0.5, 0.6) is 5.75 Å². The summed E-state index contributed by atoms with van der Waals surface area (Å²) in [5.41, 5.74) is 0.366. The van der Waals surface area contributed by atoms with Crippen molar-refractivity contribution in [1.29, 1.82) is 0 Å². The number of alkyl halides is 2. The summed E-state index contributed by atoms with van der Waals surface area (Å²) < 4.78 is 53.4. The fourth-order valence-corrected chi connectivity index (χ4v) is 2.66. The zero-order chi connectivity index (χ0) is 18.6. The molecule has 0 aliphatic carbocycles. The maximum atomic E-state index is 12.4. The molecule has 2 rings (SSSR count). The zero-order valence-corrected chi connectivity index (χ0v) is 14.4. The van der Waals surface area contributed by atoms with Gasteiger partial charge in [0.25, 0.3) is 5.91 Å². The van der Waals surface area contributed by atoms with Gasteiger partial charge in [-0.2, -0.15) is 8.78 Å². The normalized spacial score (nSPS) is 11.2. The highest BCUT2D eigenvalue weighted by atomic mass is 35.5. The maximum Gasteiger partial charge on any atom is 0.387 e. The molecule has 0 aliphatic rings. The summed E-state index contributed by atoms with van der Waals surface area (Å²) in [6.07, 6.45) is 0.949. The maximum absolute atomic E-state index is 12.4. The Morgan fingerprint density at radius 1 is 1.16 bits per heavy atom. The van der Waals surface area contributed by atoms with Gasteiger partial charge in [-0.25, -0.2) is 8.42 Å². The molecule has 0 aliphatic heterocycles. The average Bonchev–Trinajstić information content (AvgIpc) is 2.49. The number of sulfonamides is 1. The van der Waals surface area contributed by atoms with Crippen LogP contribution in [0, 0.1) is 0 Å². The van der Waals surface area contributed by atoms with Crippen molar-refractivity contribution in [2.24, 2.45) is 0 Å². The zero-order valence-electron chi connectivity index (χ0n) is 12.8. The number of rotatable bonds is 6. The molecule has 0 saturated carbocycles. The summed E-state index contributed by atoms with van der Waals surface area (Å²) in [6.45, 7) is -2.95. The Kier molecular flexibility index (Phi) is 5.81. The number of hydrogen-bond donors (Lipinski definition) is 2. The van der Waals surface area contributed by atoms with Gasteiger partial charge in [0.2, 0.25) is 10.0 Å². The molecular weight excluding hydrogens is 378 g/mol. The first-order valence-electron chi connectivity index (χ1n) is 6.77. The first-order valence-corrected chi connectivity index (χ1v) is 9.04. The largest absolute Gasteiger partial charge is 0.435 e. The molecule has 0 radical (unpaired) electrons. The van der Waals surface area contributed by atoms with Gasteiger partial charge in [-0.1, -0.05) is 11.6 Å². The molecule has 0 fully saturated rings. The van der Waals surface area contributed by atoms with Crippen molar-refractivity contribution in [3.05, 3.63) is 53.1 Å². The minimum Gasteiger partial charge on any atom is -0.435 e. The molecule has 134 valence electrons. The van der Waals surface area contributed by atoms with Gasteiger partial charge in [-0.05, 0) is 42.5 Å². The van der Waals surface area contributed by atoms with Gasteiger partial charge in [-0.3, -0.25) is 9.52 Å². The molecule has 2 aromatic carbocycles. The summed E-state index contributed by atoms with van der Waals surface area (Å²) in [5.74, 6) is -0.689. The smallest absolute Gasteiger partial charge is 0.387 e.